The number of rotatable bonds is 3. The average molecular weight is 217 g/mol. The zero-order chi connectivity index (χ0) is 11.5. The Morgan fingerprint density at radius 3 is 2.44 bits per heavy atom. The van der Waals surface area contributed by atoms with Gasteiger partial charge in [0.25, 0.3) is 0 Å². The van der Waals surface area contributed by atoms with Crippen molar-refractivity contribution in [1.29, 1.82) is 0 Å². The monoisotopic (exact) mass is 217 g/mol. The smallest absolute Gasteiger partial charge is 0.240 e. The van der Waals surface area contributed by atoms with Crippen LogP contribution in [0.3, 0.4) is 0 Å². The van der Waals surface area contributed by atoms with Crippen LogP contribution in [0.1, 0.15) is 28.4 Å². The van der Waals surface area contributed by atoms with E-state index < -0.39 is 0 Å². The molecule has 4 heteroatoms. The van der Waals surface area contributed by atoms with E-state index in [1.807, 2.05) is 0 Å². The zero-order valence-electron chi connectivity index (χ0n) is 9.53. The topological polar surface area (TPSA) is 64.9 Å². The maximum Gasteiger partial charge on any atom is 0.240 e. The molecule has 2 N–H and O–H groups in total. The molecule has 1 heterocycles. The number of nitrogens with zero attached hydrogens (tertiary/aromatic N) is 2. The van der Waals surface area contributed by atoms with E-state index in [1.165, 1.54) is 16.7 Å². The SMILES string of the molecule is Cc1cc(C)cc(Cc2noc(CN)n2)c1. The first-order valence-electron chi connectivity index (χ1n) is 5.26. The first-order chi connectivity index (χ1) is 7.67. The lowest BCUT2D eigenvalue weighted by atomic mass is 10.1. The van der Waals surface area contributed by atoms with Crippen molar-refractivity contribution in [2.75, 3.05) is 0 Å². The van der Waals surface area contributed by atoms with Gasteiger partial charge in [-0.1, -0.05) is 34.5 Å². The van der Waals surface area contributed by atoms with E-state index in [4.69, 9.17) is 10.3 Å². The van der Waals surface area contributed by atoms with Crippen molar-refractivity contribution in [1.82, 2.24) is 10.1 Å². The van der Waals surface area contributed by atoms with E-state index in [9.17, 15) is 0 Å². The van der Waals surface area contributed by atoms with Crippen LogP contribution in [-0.4, -0.2) is 10.1 Å². The molecule has 0 aliphatic heterocycles. The Morgan fingerprint density at radius 1 is 1.19 bits per heavy atom. The maximum absolute atomic E-state index is 5.41. The summed E-state index contributed by atoms with van der Waals surface area (Å²) < 4.78 is 4.96. The van der Waals surface area contributed by atoms with E-state index in [-0.39, 0.29) is 0 Å². The van der Waals surface area contributed by atoms with Gasteiger partial charge in [0.05, 0.1) is 6.54 Å². The number of aromatic nitrogens is 2. The van der Waals surface area contributed by atoms with Gasteiger partial charge in [-0.05, 0) is 19.4 Å². The second-order valence-corrected chi connectivity index (χ2v) is 3.98. The molecule has 0 unspecified atom stereocenters. The molecule has 0 saturated carbocycles. The number of hydrogen-bond acceptors (Lipinski definition) is 4. The van der Waals surface area contributed by atoms with Gasteiger partial charge in [0.1, 0.15) is 0 Å². The Morgan fingerprint density at radius 2 is 1.88 bits per heavy atom. The van der Waals surface area contributed by atoms with Crippen LogP contribution < -0.4 is 5.73 Å². The molecule has 1 aromatic carbocycles. The summed E-state index contributed by atoms with van der Waals surface area (Å²) in [4.78, 5) is 4.18. The Kier molecular flexibility index (Phi) is 3.01. The summed E-state index contributed by atoms with van der Waals surface area (Å²) in [7, 11) is 0. The van der Waals surface area contributed by atoms with Crippen LogP contribution >= 0.6 is 0 Å². The van der Waals surface area contributed by atoms with Gasteiger partial charge in [-0.2, -0.15) is 4.98 Å². The van der Waals surface area contributed by atoms with Gasteiger partial charge in [0.2, 0.25) is 5.89 Å². The molecule has 1 aromatic heterocycles. The van der Waals surface area contributed by atoms with Crippen molar-refractivity contribution >= 4 is 0 Å². The van der Waals surface area contributed by atoms with Gasteiger partial charge >= 0.3 is 0 Å². The van der Waals surface area contributed by atoms with Gasteiger partial charge < -0.3 is 10.3 Å². The molecule has 0 amide bonds. The van der Waals surface area contributed by atoms with Gasteiger partial charge in [0.15, 0.2) is 5.82 Å². The normalized spacial score (nSPS) is 10.7. The Hall–Kier alpha value is -1.68. The summed E-state index contributed by atoms with van der Waals surface area (Å²) in [6.45, 7) is 4.45. The molecule has 4 nitrogen and oxygen atoms in total. The second kappa shape index (κ2) is 4.45. The molecule has 84 valence electrons. The third-order valence-corrected chi connectivity index (χ3v) is 2.33. The molecule has 0 aliphatic carbocycles. The molecule has 0 aliphatic rings. The third kappa shape index (κ3) is 2.46. The largest absolute Gasteiger partial charge is 0.338 e. The Labute approximate surface area is 94.5 Å². The van der Waals surface area contributed by atoms with Crippen molar-refractivity contribution in [3.8, 4) is 0 Å². The highest BCUT2D eigenvalue weighted by atomic mass is 16.5. The van der Waals surface area contributed by atoms with Gasteiger partial charge in [-0.25, -0.2) is 0 Å². The summed E-state index contributed by atoms with van der Waals surface area (Å²) in [6, 6.07) is 6.40. The van der Waals surface area contributed by atoms with Crippen LogP contribution in [0.15, 0.2) is 22.7 Å². The Balaban J connectivity index is 2.19. The average Bonchev–Trinajstić information content (AvgIpc) is 2.64. The van der Waals surface area contributed by atoms with Gasteiger partial charge in [-0.15, -0.1) is 0 Å². The minimum absolute atomic E-state index is 0.292. The minimum atomic E-state index is 0.292. The van der Waals surface area contributed by atoms with Crippen LogP contribution in [-0.2, 0) is 13.0 Å². The van der Waals surface area contributed by atoms with Crippen molar-refractivity contribution in [2.45, 2.75) is 26.8 Å². The van der Waals surface area contributed by atoms with E-state index >= 15 is 0 Å². The maximum atomic E-state index is 5.41. The lowest BCUT2D eigenvalue weighted by Gasteiger charge is -2.01. The number of benzene rings is 1. The summed E-state index contributed by atoms with van der Waals surface area (Å²) in [5.74, 6) is 1.17. The van der Waals surface area contributed by atoms with Crippen LogP contribution in [0.25, 0.3) is 0 Å². The molecule has 2 rings (SSSR count). The molecular formula is C12H15N3O. The summed E-state index contributed by atoms with van der Waals surface area (Å²) in [6.07, 6.45) is 0.687. The molecule has 2 aromatic rings. The van der Waals surface area contributed by atoms with Crippen LogP contribution in [0.4, 0.5) is 0 Å². The fourth-order valence-electron chi connectivity index (χ4n) is 1.80. The molecular weight excluding hydrogens is 202 g/mol. The standard InChI is InChI=1S/C12H15N3O/c1-8-3-9(2)5-10(4-8)6-11-14-12(7-13)16-15-11/h3-5H,6-7,13H2,1-2H3. The van der Waals surface area contributed by atoms with E-state index in [0.717, 1.165) is 0 Å². The molecule has 0 radical (unpaired) electrons. The lowest BCUT2D eigenvalue weighted by molar-refractivity contribution is 0.375. The van der Waals surface area contributed by atoms with Crippen LogP contribution in [0, 0.1) is 13.8 Å². The highest BCUT2D eigenvalue weighted by Crippen LogP contribution is 2.12. The van der Waals surface area contributed by atoms with E-state index in [2.05, 4.69) is 42.2 Å². The predicted molar refractivity (Wildman–Crippen MR) is 60.9 cm³/mol. The van der Waals surface area contributed by atoms with Gasteiger partial charge in [-0.3, -0.25) is 0 Å². The molecule has 0 fully saturated rings. The Bertz CT molecular complexity index is 471. The summed E-state index contributed by atoms with van der Waals surface area (Å²) >= 11 is 0. The molecule has 16 heavy (non-hydrogen) atoms. The number of aryl methyl sites for hydroxylation is 2. The van der Waals surface area contributed by atoms with Crippen molar-refractivity contribution in [3.05, 3.63) is 46.6 Å². The fraction of sp³-hybridized carbons (Fsp3) is 0.333. The zero-order valence-corrected chi connectivity index (χ0v) is 9.53. The van der Waals surface area contributed by atoms with Crippen molar-refractivity contribution in [2.24, 2.45) is 5.73 Å². The predicted octanol–water partition coefficient (Wildman–Crippen LogP) is 1.74. The van der Waals surface area contributed by atoms with E-state index in [1.54, 1.807) is 0 Å². The quantitative estimate of drug-likeness (QED) is 0.850. The molecule has 0 saturated heterocycles. The first-order valence-corrected chi connectivity index (χ1v) is 5.26. The lowest BCUT2D eigenvalue weighted by Crippen LogP contribution is -1.97. The van der Waals surface area contributed by atoms with Crippen molar-refractivity contribution < 1.29 is 4.52 Å². The summed E-state index contributed by atoms with van der Waals surface area (Å²) in [5, 5.41) is 3.88. The number of hydrogen-bond donors (Lipinski definition) is 1. The van der Waals surface area contributed by atoms with Crippen molar-refractivity contribution in [3.63, 3.8) is 0 Å². The number of nitrogens with two attached hydrogens (primary N) is 1. The highest BCUT2D eigenvalue weighted by Gasteiger charge is 2.06. The minimum Gasteiger partial charge on any atom is -0.338 e. The highest BCUT2D eigenvalue weighted by molar-refractivity contribution is 5.30. The molecule has 0 bridgehead atoms. The molecule has 0 spiro atoms. The van der Waals surface area contributed by atoms with Gasteiger partial charge in [0, 0.05) is 6.42 Å². The van der Waals surface area contributed by atoms with Crippen LogP contribution in [0.5, 0.6) is 0 Å². The third-order valence-electron chi connectivity index (χ3n) is 2.33. The van der Waals surface area contributed by atoms with Crippen LogP contribution in [0.2, 0.25) is 0 Å². The second-order valence-electron chi connectivity index (χ2n) is 3.98. The molecule has 0 atom stereocenters. The van der Waals surface area contributed by atoms with E-state index in [0.29, 0.717) is 24.7 Å². The summed E-state index contributed by atoms with van der Waals surface area (Å²) in [5.41, 5.74) is 9.10. The fourth-order valence-corrected chi connectivity index (χ4v) is 1.80. The first kappa shape index (κ1) is 10.8.